The van der Waals surface area contributed by atoms with Crippen LogP contribution in [0, 0.1) is 0 Å². The Morgan fingerprint density at radius 2 is 2.00 bits per heavy atom. The highest BCUT2D eigenvalue weighted by molar-refractivity contribution is 9.11. The Hall–Kier alpha value is -1.09. The molecule has 1 aromatic carbocycles. The van der Waals surface area contributed by atoms with E-state index in [-0.39, 0.29) is 20.5 Å². The standard InChI is InChI=1S/C11H7BrClNO4S2/c12-9-3-4-10(19-9)20(17,18)14-6-1-2-8(13)7(5-6)11(15)16/h1-5,14H,(H,15,16). The Morgan fingerprint density at radius 3 is 2.55 bits per heavy atom. The van der Waals surface area contributed by atoms with E-state index in [0.717, 1.165) is 11.3 Å². The third-order valence-electron chi connectivity index (χ3n) is 2.26. The lowest BCUT2D eigenvalue weighted by molar-refractivity contribution is 0.0697. The third kappa shape index (κ3) is 3.32. The maximum Gasteiger partial charge on any atom is 0.337 e. The van der Waals surface area contributed by atoms with Gasteiger partial charge in [0.05, 0.1) is 14.4 Å². The number of benzene rings is 1. The van der Waals surface area contributed by atoms with Gasteiger partial charge in [0.1, 0.15) is 4.21 Å². The van der Waals surface area contributed by atoms with Gasteiger partial charge >= 0.3 is 5.97 Å². The number of hydrogen-bond acceptors (Lipinski definition) is 4. The predicted molar refractivity (Wildman–Crippen MR) is 81.2 cm³/mol. The van der Waals surface area contributed by atoms with Crippen LogP contribution in [0.1, 0.15) is 10.4 Å². The van der Waals surface area contributed by atoms with E-state index in [4.69, 9.17) is 16.7 Å². The maximum atomic E-state index is 12.1. The molecule has 0 saturated carbocycles. The molecule has 9 heteroatoms. The first-order chi connectivity index (χ1) is 9.29. The molecule has 5 nitrogen and oxygen atoms in total. The lowest BCUT2D eigenvalue weighted by Crippen LogP contribution is -2.12. The molecule has 2 aromatic rings. The fourth-order valence-electron chi connectivity index (χ4n) is 1.40. The van der Waals surface area contributed by atoms with Crippen LogP contribution in [0.15, 0.2) is 38.3 Å². The molecule has 0 saturated heterocycles. The maximum absolute atomic E-state index is 12.1. The quantitative estimate of drug-likeness (QED) is 0.826. The molecular formula is C11H7BrClNO4S2. The summed E-state index contributed by atoms with van der Waals surface area (Å²) in [6.07, 6.45) is 0. The second kappa shape index (κ2) is 5.72. The van der Waals surface area contributed by atoms with Crippen molar-refractivity contribution in [1.29, 1.82) is 0 Å². The Morgan fingerprint density at radius 1 is 1.30 bits per heavy atom. The smallest absolute Gasteiger partial charge is 0.337 e. The van der Waals surface area contributed by atoms with Crippen LogP contribution in [0.4, 0.5) is 5.69 Å². The van der Waals surface area contributed by atoms with Gasteiger partial charge in [-0.25, -0.2) is 13.2 Å². The Bertz CT molecular complexity index is 772. The number of thiophene rings is 1. The van der Waals surface area contributed by atoms with Crippen LogP contribution in [-0.4, -0.2) is 19.5 Å². The van der Waals surface area contributed by atoms with Gasteiger partial charge < -0.3 is 5.11 Å². The molecule has 1 heterocycles. The number of halogens is 2. The van der Waals surface area contributed by atoms with Crippen molar-refractivity contribution < 1.29 is 18.3 Å². The van der Waals surface area contributed by atoms with Crippen LogP contribution in [0.3, 0.4) is 0 Å². The highest BCUT2D eigenvalue weighted by Gasteiger charge is 2.18. The first-order valence-corrected chi connectivity index (χ1v) is 8.57. The Balaban J connectivity index is 2.35. The zero-order valence-electron chi connectivity index (χ0n) is 9.63. The largest absolute Gasteiger partial charge is 0.478 e. The van der Waals surface area contributed by atoms with Gasteiger partial charge in [-0.15, -0.1) is 11.3 Å². The van der Waals surface area contributed by atoms with Crippen LogP contribution >= 0.6 is 38.9 Å². The van der Waals surface area contributed by atoms with Crippen LogP contribution in [-0.2, 0) is 10.0 Å². The van der Waals surface area contributed by atoms with Gasteiger partial charge in [-0.1, -0.05) is 11.6 Å². The lowest BCUT2D eigenvalue weighted by Gasteiger charge is -2.07. The normalized spacial score (nSPS) is 11.3. The SMILES string of the molecule is O=C(O)c1cc(NS(=O)(=O)c2ccc(Br)s2)ccc1Cl. The number of nitrogens with one attached hydrogen (secondary N) is 1. The van der Waals surface area contributed by atoms with Crippen molar-refractivity contribution in [2.24, 2.45) is 0 Å². The monoisotopic (exact) mass is 395 g/mol. The van der Waals surface area contributed by atoms with Gasteiger partial charge in [0.15, 0.2) is 0 Å². The Labute approximate surface area is 132 Å². The van der Waals surface area contributed by atoms with E-state index in [1.165, 1.54) is 24.3 Å². The third-order valence-corrected chi connectivity index (χ3v) is 6.09. The second-order valence-electron chi connectivity index (χ2n) is 3.66. The minimum absolute atomic E-state index is 0.0410. The van der Waals surface area contributed by atoms with Crippen LogP contribution in [0.25, 0.3) is 0 Å². The van der Waals surface area contributed by atoms with Crippen molar-refractivity contribution in [1.82, 2.24) is 0 Å². The molecule has 2 N–H and O–H groups in total. The second-order valence-corrected chi connectivity index (χ2v) is 8.44. The molecule has 0 fully saturated rings. The van der Waals surface area contributed by atoms with E-state index in [2.05, 4.69) is 20.7 Å². The zero-order chi connectivity index (χ0) is 14.9. The number of aromatic carboxylic acids is 1. The van der Waals surface area contributed by atoms with Crippen molar-refractivity contribution >= 4 is 60.5 Å². The van der Waals surface area contributed by atoms with Crippen molar-refractivity contribution in [3.63, 3.8) is 0 Å². The fourth-order valence-corrected chi connectivity index (χ4v) is 4.66. The first kappa shape index (κ1) is 15.3. The van der Waals surface area contributed by atoms with Crippen molar-refractivity contribution in [2.75, 3.05) is 4.72 Å². The van der Waals surface area contributed by atoms with E-state index < -0.39 is 16.0 Å². The topological polar surface area (TPSA) is 83.5 Å². The summed E-state index contributed by atoms with van der Waals surface area (Å²) in [5.41, 5.74) is -0.0319. The molecule has 106 valence electrons. The van der Waals surface area contributed by atoms with Gasteiger partial charge in [0.25, 0.3) is 10.0 Å². The predicted octanol–water partition coefficient (Wildman–Crippen LogP) is 3.66. The number of carboxylic acid groups (broad SMARTS) is 1. The van der Waals surface area contributed by atoms with E-state index in [1.807, 2.05) is 0 Å². The number of rotatable bonds is 4. The van der Waals surface area contributed by atoms with Crippen LogP contribution in [0.2, 0.25) is 5.02 Å². The van der Waals surface area contributed by atoms with Crippen molar-refractivity contribution in [3.8, 4) is 0 Å². The van der Waals surface area contributed by atoms with Gasteiger partial charge in [-0.2, -0.15) is 0 Å². The number of sulfonamides is 1. The molecule has 0 radical (unpaired) electrons. The van der Waals surface area contributed by atoms with Gasteiger partial charge in [0, 0.05) is 5.69 Å². The summed E-state index contributed by atoms with van der Waals surface area (Å²) in [7, 11) is -3.75. The molecule has 0 aliphatic rings. The molecule has 1 aromatic heterocycles. The Kier molecular flexibility index (Phi) is 4.38. The lowest BCUT2D eigenvalue weighted by atomic mass is 10.2. The summed E-state index contributed by atoms with van der Waals surface area (Å²) >= 11 is 9.95. The summed E-state index contributed by atoms with van der Waals surface area (Å²) < 4.78 is 27.3. The van der Waals surface area contributed by atoms with Crippen molar-refractivity contribution in [3.05, 3.63) is 44.7 Å². The molecule has 0 bridgehead atoms. The van der Waals surface area contributed by atoms with E-state index in [1.54, 1.807) is 6.07 Å². The summed E-state index contributed by atoms with van der Waals surface area (Å²) in [5, 5.41) is 8.98. The molecule has 20 heavy (non-hydrogen) atoms. The minimum atomic E-state index is -3.75. The number of carbonyl (C=O) groups is 1. The van der Waals surface area contributed by atoms with Gasteiger partial charge in [-0.05, 0) is 46.3 Å². The molecular weight excluding hydrogens is 390 g/mol. The molecule has 0 atom stereocenters. The first-order valence-electron chi connectivity index (χ1n) is 5.10. The average molecular weight is 397 g/mol. The number of carboxylic acids is 1. The van der Waals surface area contributed by atoms with E-state index >= 15 is 0 Å². The molecule has 0 aliphatic heterocycles. The number of anilines is 1. The minimum Gasteiger partial charge on any atom is -0.478 e. The van der Waals surface area contributed by atoms with Crippen LogP contribution in [0.5, 0.6) is 0 Å². The van der Waals surface area contributed by atoms with Crippen molar-refractivity contribution in [2.45, 2.75) is 4.21 Å². The van der Waals surface area contributed by atoms with E-state index in [0.29, 0.717) is 3.79 Å². The summed E-state index contributed by atoms with van der Waals surface area (Å²) in [6.45, 7) is 0. The van der Waals surface area contributed by atoms with E-state index in [9.17, 15) is 13.2 Å². The molecule has 2 rings (SSSR count). The van der Waals surface area contributed by atoms with Gasteiger partial charge in [0.2, 0.25) is 0 Å². The fraction of sp³-hybridized carbons (Fsp3) is 0. The molecule has 0 amide bonds. The number of hydrogen-bond donors (Lipinski definition) is 2. The molecule has 0 aliphatic carbocycles. The van der Waals surface area contributed by atoms with Crippen LogP contribution < -0.4 is 4.72 Å². The van der Waals surface area contributed by atoms with Gasteiger partial charge in [-0.3, -0.25) is 4.72 Å². The molecule has 0 unspecified atom stereocenters. The summed E-state index contributed by atoms with van der Waals surface area (Å²) in [5.74, 6) is -1.23. The summed E-state index contributed by atoms with van der Waals surface area (Å²) in [4.78, 5) is 10.9. The summed E-state index contributed by atoms with van der Waals surface area (Å²) in [6, 6.07) is 6.96. The highest BCUT2D eigenvalue weighted by atomic mass is 79.9. The molecule has 0 spiro atoms. The highest BCUT2D eigenvalue weighted by Crippen LogP contribution is 2.28. The average Bonchev–Trinajstić information content (AvgIpc) is 2.78. The zero-order valence-corrected chi connectivity index (χ0v) is 13.6.